The molecule has 0 aliphatic carbocycles. The fraction of sp³-hybridized carbons (Fsp3) is 0.500. The highest BCUT2D eigenvalue weighted by molar-refractivity contribution is 5.86. The Bertz CT molecular complexity index is 561. The van der Waals surface area contributed by atoms with E-state index in [1.54, 1.807) is 0 Å². The average molecular weight is 245 g/mol. The Morgan fingerprint density at radius 1 is 1.44 bits per heavy atom. The summed E-state index contributed by atoms with van der Waals surface area (Å²) in [5.41, 5.74) is 8.16. The Morgan fingerprint density at radius 3 is 3.00 bits per heavy atom. The van der Waals surface area contributed by atoms with Gasteiger partial charge in [0.2, 0.25) is 0 Å². The van der Waals surface area contributed by atoms with E-state index in [4.69, 9.17) is 10.2 Å². The molecule has 96 valence electrons. The molecular weight excluding hydrogens is 226 g/mol. The molecule has 4 nitrogen and oxygen atoms in total. The summed E-state index contributed by atoms with van der Waals surface area (Å²) in [6, 6.07) is 6.93. The molecular formula is C14H19N3O. The number of nitrogens with two attached hydrogens (primary N) is 1. The Hall–Kier alpha value is -1.71. The number of hydrogen-bond donors (Lipinski definition) is 1. The zero-order valence-corrected chi connectivity index (χ0v) is 10.9. The maximum absolute atomic E-state index is 5.92. The number of nitrogens with zero attached hydrogens (tertiary/aromatic N) is 2. The number of anilines is 2. The number of para-hydroxylation sites is 1. The topological polar surface area (TPSA) is 55.3 Å². The van der Waals surface area contributed by atoms with Crippen molar-refractivity contribution in [2.75, 3.05) is 17.2 Å². The van der Waals surface area contributed by atoms with Crippen LogP contribution < -0.4 is 10.6 Å². The number of fused-ring (bicyclic) bond motifs is 1. The van der Waals surface area contributed by atoms with Crippen molar-refractivity contribution in [1.29, 1.82) is 0 Å². The molecule has 3 rings (SSSR count). The zero-order valence-electron chi connectivity index (χ0n) is 10.9. The molecule has 0 amide bonds. The lowest BCUT2D eigenvalue weighted by molar-refractivity contribution is 0.461. The summed E-state index contributed by atoms with van der Waals surface area (Å²) in [6.07, 6.45) is 2.42. The number of rotatable bonds is 2. The number of nitrogen functional groups attached to an aromatic ring is 1. The molecule has 4 heteroatoms. The highest BCUT2D eigenvalue weighted by Crippen LogP contribution is 2.32. The lowest BCUT2D eigenvalue weighted by Gasteiger charge is -2.25. The molecule has 1 atom stereocenters. The van der Waals surface area contributed by atoms with Gasteiger partial charge in [-0.2, -0.15) is 4.98 Å². The van der Waals surface area contributed by atoms with Crippen LogP contribution in [0.2, 0.25) is 0 Å². The third kappa shape index (κ3) is 1.72. The summed E-state index contributed by atoms with van der Waals surface area (Å²) in [7, 11) is 0. The van der Waals surface area contributed by atoms with E-state index in [1.165, 1.54) is 12.8 Å². The molecule has 0 saturated carbocycles. The van der Waals surface area contributed by atoms with Crippen LogP contribution in [-0.4, -0.2) is 17.6 Å². The van der Waals surface area contributed by atoms with Crippen molar-refractivity contribution in [2.24, 2.45) is 5.92 Å². The zero-order chi connectivity index (χ0) is 12.7. The lowest BCUT2D eigenvalue weighted by Crippen LogP contribution is -2.33. The molecule has 2 heterocycles. The van der Waals surface area contributed by atoms with E-state index in [0.717, 1.165) is 23.7 Å². The summed E-state index contributed by atoms with van der Waals surface area (Å²) in [5, 5.41) is 0. The fourth-order valence-electron chi connectivity index (χ4n) is 2.80. The van der Waals surface area contributed by atoms with Crippen LogP contribution in [0.15, 0.2) is 22.6 Å². The first-order valence-electron chi connectivity index (χ1n) is 6.58. The third-order valence-corrected chi connectivity index (χ3v) is 3.75. The van der Waals surface area contributed by atoms with E-state index in [0.29, 0.717) is 17.6 Å². The molecule has 0 bridgehead atoms. The molecule has 1 aromatic carbocycles. The van der Waals surface area contributed by atoms with Crippen molar-refractivity contribution >= 4 is 22.8 Å². The van der Waals surface area contributed by atoms with E-state index < -0.39 is 0 Å². The molecule has 1 unspecified atom stereocenters. The molecule has 0 radical (unpaired) electrons. The van der Waals surface area contributed by atoms with Crippen LogP contribution in [0, 0.1) is 5.92 Å². The van der Waals surface area contributed by atoms with Crippen molar-refractivity contribution < 1.29 is 4.42 Å². The van der Waals surface area contributed by atoms with Crippen LogP contribution >= 0.6 is 0 Å². The first-order chi connectivity index (χ1) is 8.66. The SMILES string of the molecule is CC(C)C1CCCN1c1nc2c(N)cccc2o1. The average Bonchev–Trinajstić information content (AvgIpc) is 2.95. The summed E-state index contributed by atoms with van der Waals surface area (Å²) in [4.78, 5) is 6.84. The quantitative estimate of drug-likeness (QED) is 0.826. The molecule has 18 heavy (non-hydrogen) atoms. The second-order valence-corrected chi connectivity index (χ2v) is 5.34. The van der Waals surface area contributed by atoms with Crippen LogP contribution in [-0.2, 0) is 0 Å². The lowest BCUT2D eigenvalue weighted by atomic mass is 10.0. The van der Waals surface area contributed by atoms with Crippen molar-refractivity contribution in [3.05, 3.63) is 18.2 Å². The number of benzene rings is 1. The van der Waals surface area contributed by atoms with Gasteiger partial charge in [-0.15, -0.1) is 0 Å². The maximum Gasteiger partial charge on any atom is 0.298 e. The van der Waals surface area contributed by atoms with Gasteiger partial charge in [-0.1, -0.05) is 19.9 Å². The van der Waals surface area contributed by atoms with Gasteiger partial charge < -0.3 is 15.1 Å². The molecule has 1 aliphatic heterocycles. The highest BCUT2D eigenvalue weighted by Gasteiger charge is 2.30. The van der Waals surface area contributed by atoms with Gasteiger partial charge >= 0.3 is 0 Å². The van der Waals surface area contributed by atoms with Gasteiger partial charge in [0.25, 0.3) is 6.01 Å². The Balaban J connectivity index is 2.01. The smallest absolute Gasteiger partial charge is 0.298 e. The first kappa shape index (κ1) is 11.4. The van der Waals surface area contributed by atoms with Crippen LogP contribution in [0.25, 0.3) is 11.1 Å². The summed E-state index contributed by atoms with van der Waals surface area (Å²) in [6.45, 7) is 5.52. The minimum absolute atomic E-state index is 0.527. The van der Waals surface area contributed by atoms with E-state index >= 15 is 0 Å². The van der Waals surface area contributed by atoms with Crippen LogP contribution in [0.5, 0.6) is 0 Å². The van der Waals surface area contributed by atoms with Gasteiger partial charge in [-0.3, -0.25) is 0 Å². The van der Waals surface area contributed by atoms with Gasteiger partial charge in [0.1, 0.15) is 5.52 Å². The van der Waals surface area contributed by atoms with Crippen LogP contribution in [0.4, 0.5) is 11.7 Å². The summed E-state index contributed by atoms with van der Waals surface area (Å²) in [5.74, 6) is 0.611. The number of aromatic nitrogens is 1. The van der Waals surface area contributed by atoms with E-state index in [1.807, 2.05) is 18.2 Å². The largest absolute Gasteiger partial charge is 0.423 e. The van der Waals surface area contributed by atoms with Crippen molar-refractivity contribution in [2.45, 2.75) is 32.7 Å². The van der Waals surface area contributed by atoms with E-state index in [2.05, 4.69) is 23.7 Å². The first-order valence-corrected chi connectivity index (χ1v) is 6.58. The van der Waals surface area contributed by atoms with Gasteiger partial charge in [-0.25, -0.2) is 0 Å². The number of hydrogen-bond acceptors (Lipinski definition) is 4. The number of oxazole rings is 1. The molecule has 1 saturated heterocycles. The Morgan fingerprint density at radius 2 is 2.28 bits per heavy atom. The molecule has 1 fully saturated rings. The minimum atomic E-state index is 0.527. The van der Waals surface area contributed by atoms with E-state index in [9.17, 15) is 0 Å². The monoisotopic (exact) mass is 245 g/mol. The molecule has 1 aliphatic rings. The van der Waals surface area contributed by atoms with Gasteiger partial charge in [0.05, 0.1) is 5.69 Å². The van der Waals surface area contributed by atoms with E-state index in [-0.39, 0.29) is 0 Å². The predicted molar refractivity (Wildman–Crippen MR) is 73.6 cm³/mol. The second-order valence-electron chi connectivity index (χ2n) is 5.34. The molecule has 2 aromatic rings. The summed E-state index contributed by atoms with van der Waals surface area (Å²) < 4.78 is 5.85. The van der Waals surface area contributed by atoms with Gasteiger partial charge in [0, 0.05) is 12.6 Å². The fourth-order valence-corrected chi connectivity index (χ4v) is 2.80. The standard InChI is InChI=1S/C14H19N3O/c1-9(2)11-6-4-8-17(11)14-16-13-10(15)5-3-7-12(13)18-14/h3,5,7,9,11H,4,6,8,15H2,1-2H3. The maximum atomic E-state index is 5.92. The van der Waals surface area contributed by atoms with Gasteiger partial charge in [0.15, 0.2) is 5.58 Å². The molecule has 1 aromatic heterocycles. The predicted octanol–water partition coefficient (Wildman–Crippen LogP) is 3.03. The molecule has 0 spiro atoms. The Kier molecular flexibility index (Phi) is 2.65. The Labute approximate surface area is 107 Å². The molecule has 2 N–H and O–H groups in total. The normalized spacial score (nSPS) is 20.2. The van der Waals surface area contributed by atoms with Crippen LogP contribution in [0.1, 0.15) is 26.7 Å². The second kappa shape index (κ2) is 4.19. The van der Waals surface area contributed by atoms with Crippen molar-refractivity contribution in [3.63, 3.8) is 0 Å². The van der Waals surface area contributed by atoms with Crippen LogP contribution in [0.3, 0.4) is 0 Å². The van der Waals surface area contributed by atoms with Crippen molar-refractivity contribution in [1.82, 2.24) is 4.98 Å². The van der Waals surface area contributed by atoms with Gasteiger partial charge in [-0.05, 0) is 30.9 Å². The van der Waals surface area contributed by atoms with Crippen molar-refractivity contribution in [3.8, 4) is 0 Å². The third-order valence-electron chi connectivity index (χ3n) is 3.75. The highest BCUT2D eigenvalue weighted by atomic mass is 16.4. The minimum Gasteiger partial charge on any atom is -0.423 e. The summed E-state index contributed by atoms with van der Waals surface area (Å²) >= 11 is 0.